The summed E-state index contributed by atoms with van der Waals surface area (Å²) >= 11 is 1.65. The fourth-order valence-corrected chi connectivity index (χ4v) is 1.88. The molecular formula is C10H16N2OS. The number of thiophene rings is 1. The second-order valence-corrected chi connectivity index (χ2v) is 4.87. The van der Waals surface area contributed by atoms with Gasteiger partial charge in [-0.15, -0.1) is 11.3 Å². The van der Waals surface area contributed by atoms with Crippen LogP contribution in [-0.2, 0) is 5.54 Å². The largest absolute Gasteiger partial charge is 0.331 e. The number of urea groups is 1. The highest BCUT2D eigenvalue weighted by molar-refractivity contribution is 7.10. The minimum atomic E-state index is -0.296. The van der Waals surface area contributed by atoms with Crippen molar-refractivity contribution in [3.63, 3.8) is 0 Å². The van der Waals surface area contributed by atoms with Crippen LogP contribution < -0.4 is 5.32 Å². The Kier molecular flexibility index (Phi) is 3.16. The standard InChI is InChI=1S/C10H16N2OS/c1-10(2,8-6-5-7-14-8)11-9(13)12(3)4/h5-7H,1-4H3,(H,11,13). The zero-order valence-electron chi connectivity index (χ0n) is 9.00. The summed E-state index contributed by atoms with van der Waals surface area (Å²) in [5, 5.41) is 4.97. The number of carbonyl (C=O) groups is 1. The van der Waals surface area contributed by atoms with Crippen molar-refractivity contribution < 1.29 is 4.79 Å². The molecule has 0 fully saturated rings. The Balaban J connectivity index is 2.72. The number of rotatable bonds is 2. The summed E-state index contributed by atoms with van der Waals surface area (Å²) in [5.41, 5.74) is -0.296. The maximum absolute atomic E-state index is 11.5. The van der Waals surface area contributed by atoms with Crippen molar-refractivity contribution in [3.05, 3.63) is 22.4 Å². The number of carbonyl (C=O) groups excluding carboxylic acids is 1. The van der Waals surface area contributed by atoms with Gasteiger partial charge in [-0.3, -0.25) is 0 Å². The zero-order chi connectivity index (χ0) is 10.8. The molecule has 0 bridgehead atoms. The highest BCUT2D eigenvalue weighted by Gasteiger charge is 2.24. The summed E-state index contributed by atoms with van der Waals surface area (Å²) in [6.45, 7) is 4.00. The SMILES string of the molecule is CN(C)C(=O)NC(C)(C)c1cccs1. The quantitative estimate of drug-likeness (QED) is 0.801. The van der Waals surface area contributed by atoms with Gasteiger partial charge < -0.3 is 10.2 Å². The summed E-state index contributed by atoms with van der Waals surface area (Å²) in [7, 11) is 3.47. The zero-order valence-corrected chi connectivity index (χ0v) is 9.81. The van der Waals surface area contributed by atoms with E-state index >= 15 is 0 Å². The third-order valence-corrected chi connectivity index (χ3v) is 3.16. The van der Waals surface area contributed by atoms with Crippen LogP contribution in [0.4, 0.5) is 4.79 Å². The normalized spacial score (nSPS) is 11.1. The van der Waals surface area contributed by atoms with Gasteiger partial charge in [0.2, 0.25) is 0 Å². The van der Waals surface area contributed by atoms with Crippen molar-refractivity contribution in [3.8, 4) is 0 Å². The van der Waals surface area contributed by atoms with Gasteiger partial charge >= 0.3 is 6.03 Å². The molecule has 1 rings (SSSR count). The van der Waals surface area contributed by atoms with Crippen LogP contribution in [0.1, 0.15) is 18.7 Å². The number of hydrogen-bond acceptors (Lipinski definition) is 2. The third-order valence-electron chi connectivity index (χ3n) is 1.96. The van der Waals surface area contributed by atoms with E-state index < -0.39 is 0 Å². The lowest BCUT2D eigenvalue weighted by Crippen LogP contribution is -2.45. The van der Waals surface area contributed by atoms with Gasteiger partial charge in [-0.05, 0) is 25.3 Å². The van der Waals surface area contributed by atoms with Gasteiger partial charge in [0.1, 0.15) is 0 Å². The highest BCUT2D eigenvalue weighted by atomic mass is 32.1. The second-order valence-electron chi connectivity index (χ2n) is 3.93. The van der Waals surface area contributed by atoms with Crippen molar-refractivity contribution in [2.45, 2.75) is 19.4 Å². The molecule has 0 aliphatic rings. The fraction of sp³-hybridized carbons (Fsp3) is 0.500. The lowest BCUT2D eigenvalue weighted by molar-refractivity contribution is 0.206. The molecule has 0 aliphatic heterocycles. The second kappa shape index (κ2) is 4.00. The van der Waals surface area contributed by atoms with Gasteiger partial charge in [-0.1, -0.05) is 6.07 Å². The predicted molar refractivity (Wildman–Crippen MR) is 59.6 cm³/mol. The number of hydrogen-bond donors (Lipinski definition) is 1. The number of nitrogens with zero attached hydrogens (tertiary/aromatic N) is 1. The van der Waals surface area contributed by atoms with Crippen molar-refractivity contribution in [2.75, 3.05) is 14.1 Å². The van der Waals surface area contributed by atoms with Gasteiger partial charge in [0.25, 0.3) is 0 Å². The molecule has 1 N–H and O–H groups in total. The predicted octanol–water partition coefficient (Wildman–Crippen LogP) is 2.25. The Morgan fingerprint density at radius 1 is 1.50 bits per heavy atom. The molecule has 14 heavy (non-hydrogen) atoms. The van der Waals surface area contributed by atoms with Crippen LogP contribution in [0.2, 0.25) is 0 Å². The van der Waals surface area contributed by atoms with Gasteiger partial charge in [0, 0.05) is 19.0 Å². The Bertz CT molecular complexity index is 304. The first-order valence-corrected chi connectivity index (χ1v) is 5.35. The highest BCUT2D eigenvalue weighted by Crippen LogP contribution is 2.24. The lowest BCUT2D eigenvalue weighted by atomic mass is 10.0. The van der Waals surface area contributed by atoms with Crippen LogP contribution in [0, 0.1) is 0 Å². The average Bonchev–Trinajstić information content (AvgIpc) is 2.54. The molecule has 1 heterocycles. The fourth-order valence-electron chi connectivity index (χ4n) is 1.07. The Morgan fingerprint density at radius 2 is 2.14 bits per heavy atom. The van der Waals surface area contributed by atoms with E-state index in [1.807, 2.05) is 31.4 Å². The molecule has 78 valence electrons. The summed E-state index contributed by atoms with van der Waals surface area (Å²) in [6, 6.07) is 3.95. The minimum absolute atomic E-state index is 0.0663. The molecule has 0 atom stereocenters. The van der Waals surface area contributed by atoms with E-state index in [9.17, 15) is 4.79 Å². The molecule has 0 spiro atoms. The first-order valence-electron chi connectivity index (χ1n) is 4.47. The third kappa shape index (κ3) is 2.48. The Labute approximate surface area is 88.7 Å². The molecule has 0 saturated carbocycles. The molecule has 0 radical (unpaired) electrons. The van der Waals surface area contributed by atoms with Crippen LogP contribution >= 0.6 is 11.3 Å². The van der Waals surface area contributed by atoms with Gasteiger partial charge in [-0.25, -0.2) is 4.79 Å². The van der Waals surface area contributed by atoms with Crippen molar-refractivity contribution in [1.29, 1.82) is 0 Å². The van der Waals surface area contributed by atoms with Crippen molar-refractivity contribution >= 4 is 17.4 Å². The molecule has 0 aliphatic carbocycles. The van der Waals surface area contributed by atoms with E-state index in [-0.39, 0.29) is 11.6 Å². The van der Waals surface area contributed by atoms with Crippen LogP contribution in [0.5, 0.6) is 0 Å². The van der Waals surface area contributed by atoms with E-state index in [0.29, 0.717) is 0 Å². The van der Waals surface area contributed by atoms with Crippen LogP contribution in [0.15, 0.2) is 17.5 Å². The molecule has 4 heteroatoms. The maximum atomic E-state index is 11.5. The number of nitrogens with one attached hydrogen (secondary N) is 1. The van der Waals surface area contributed by atoms with Gasteiger partial charge in [0.15, 0.2) is 0 Å². The first-order chi connectivity index (χ1) is 6.43. The van der Waals surface area contributed by atoms with E-state index in [4.69, 9.17) is 0 Å². The smallest absolute Gasteiger partial charge is 0.317 e. The van der Waals surface area contributed by atoms with E-state index in [1.54, 1.807) is 25.4 Å². The summed E-state index contributed by atoms with van der Waals surface area (Å²) in [6.07, 6.45) is 0. The molecule has 2 amide bonds. The first kappa shape index (κ1) is 11.0. The monoisotopic (exact) mass is 212 g/mol. The number of amides is 2. The van der Waals surface area contributed by atoms with Crippen molar-refractivity contribution in [2.24, 2.45) is 0 Å². The Morgan fingerprint density at radius 3 is 2.57 bits per heavy atom. The lowest BCUT2D eigenvalue weighted by Gasteiger charge is -2.27. The van der Waals surface area contributed by atoms with Crippen LogP contribution in [0.3, 0.4) is 0 Å². The summed E-state index contributed by atoms with van der Waals surface area (Å²) in [4.78, 5) is 14.2. The summed E-state index contributed by atoms with van der Waals surface area (Å²) in [5.74, 6) is 0. The van der Waals surface area contributed by atoms with Gasteiger partial charge in [0.05, 0.1) is 5.54 Å². The maximum Gasteiger partial charge on any atom is 0.317 e. The molecule has 1 aromatic heterocycles. The average molecular weight is 212 g/mol. The van der Waals surface area contributed by atoms with Crippen molar-refractivity contribution in [1.82, 2.24) is 10.2 Å². The van der Waals surface area contributed by atoms with Crippen LogP contribution in [0.25, 0.3) is 0 Å². The summed E-state index contributed by atoms with van der Waals surface area (Å²) < 4.78 is 0. The molecule has 3 nitrogen and oxygen atoms in total. The van der Waals surface area contributed by atoms with Gasteiger partial charge in [-0.2, -0.15) is 0 Å². The molecule has 0 aromatic carbocycles. The minimum Gasteiger partial charge on any atom is -0.331 e. The van der Waals surface area contributed by atoms with E-state index in [1.165, 1.54) is 4.90 Å². The topological polar surface area (TPSA) is 32.3 Å². The molecule has 0 unspecified atom stereocenters. The van der Waals surface area contributed by atoms with E-state index in [0.717, 1.165) is 4.88 Å². The van der Waals surface area contributed by atoms with Crippen LogP contribution in [-0.4, -0.2) is 25.0 Å². The molecule has 0 saturated heterocycles. The van der Waals surface area contributed by atoms with E-state index in [2.05, 4.69) is 5.32 Å². The molecular weight excluding hydrogens is 196 g/mol. The molecule has 1 aromatic rings. The Hall–Kier alpha value is -1.03.